The third kappa shape index (κ3) is 1.73. The van der Waals surface area contributed by atoms with E-state index in [1.165, 1.54) is 0 Å². The van der Waals surface area contributed by atoms with Gasteiger partial charge in [0.2, 0.25) is 5.91 Å². The molecule has 0 aliphatic carbocycles. The molecule has 1 aromatic carbocycles. The van der Waals surface area contributed by atoms with Crippen molar-refractivity contribution in [2.75, 3.05) is 24.4 Å². The summed E-state index contributed by atoms with van der Waals surface area (Å²) in [6, 6.07) is 4.74. The zero-order chi connectivity index (χ0) is 10.8. The van der Waals surface area contributed by atoms with E-state index >= 15 is 0 Å². The highest BCUT2D eigenvalue weighted by Gasteiger charge is 2.24. The van der Waals surface area contributed by atoms with Crippen LogP contribution in [0.5, 0.6) is 5.75 Å². The third-order valence-corrected chi connectivity index (χ3v) is 2.31. The molecule has 15 heavy (non-hydrogen) atoms. The molecule has 0 fully saturated rings. The minimum absolute atomic E-state index is 0.225. The predicted molar refractivity (Wildman–Crippen MR) is 56.1 cm³/mol. The Morgan fingerprint density at radius 1 is 1.47 bits per heavy atom. The molecular formula is C10H12N2O3. The second-order valence-corrected chi connectivity index (χ2v) is 3.28. The molecule has 1 atom stereocenters. The number of fused-ring (bicyclic) bond motifs is 1. The number of aliphatic hydroxyl groups is 1. The van der Waals surface area contributed by atoms with Gasteiger partial charge in [-0.25, -0.2) is 0 Å². The molecule has 80 valence electrons. The van der Waals surface area contributed by atoms with Crippen LogP contribution in [-0.2, 0) is 4.79 Å². The molecule has 3 N–H and O–H groups in total. The first kappa shape index (κ1) is 9.79. The molecule has 1 amide bonds. The molecule has 0 saturated carbocycles. The van der Waals surface area contributed by atoms with Gasteiger partial charge in [0, 0.05) is 6.07 Å². The van der Waals surface area contributed by atoms with E-state index in [9.17, 15) is 4.79 Å². The number of amides is 1. The standard InChI is InChI=1S/C10H12N2O3/c1-15-6-2-3-7-8(4-6)12-10(14)9(5-13)11-7/h2-4,9,11,13H,5H2,1H3,(H,12,14). The Morgan fingerprint density at radius 2 is 2.27 bits per heavy atom. The second kappa shape index (κ2) is 3.78. The third-order valence-electron chi connectivity index (χ3n) is 2.31. The number of aliphatic hydroxyl groups excluding tert-OH is 1. The van der Waals surface area contributed by atoms with E-state index in [1.54, 1.807) is 25.3 Å². The fourth-order valence-corrected chi connectivity index (χ4v) is 1.48. The highest BCUT2D eigenvalue weighted by Crippen LogP contribution is 2.30. The van der Waals surface area contributed by atoms with Gasteiger partial charge < -0.3 is 20.5 Å². The topological polar surface area (TPSA) is 70.6 Å². The smallest absolute Gasteiger partial charge is 0.249 e. The minimum Gasteiger partial charge on any atom is -0.497 e. The van der Waals surface area contributed by atoms with Crippen molar-refractivity contribution in [3.05, 3.63) is 18.2 Å². The summed E-state index contributed by atoms with van der Waals surface area (Å²) < 4.78 is 5.04. The first-order chi connectivity index (χ1) is 7.24. The van der Waals surface area contributed by atoms with Crippen LogP contribution in [0.15, 0.2) is 18.2 Å². The van der Waals surface area contributed by atoms with Crippen LogP contribution in [0.1, 0.15) is 0 Å². The van der Waals surface area contributed by atoms with E-state index in [0.717, 1.165) is 5.69 Å². The molecule has 5 heteroatoms. The number of rotatable bonds is 2. The lowest BCUT2D eigenvalue weighted by Gasteiger charge is -2.25. The fraction of sp³-hybridized carbons (Fsp3) is 0.300. The molecule has 2 rings (SSSR count). The molecule has 0 bridgehead atoms. The van der Waals surface area contributed by atoms with Gasteiger partial charge in [0.15, 0.2) is 0 Å². The molecule has 1 aliphatic rings. The number of carbonyl (C=O) groups is 1. The zero-order valence-electron chi connectivity index (χ0n) is 8.28. The van der Waals surface area contributed by atoms with Crippen LogP contribution >= 0.6 is 0 Å². The van der Waals surface area contributed by atoms with E-state index < -0.39 is 6.04 Å². The van der Waals surface area contributed by atoms with Crippen molar-refractivity contribution < 1.29 is 14.6 Å². The van der Waals surface area contributed by atoms with Gasteiger partial charge in [-0.2, -0.15) is 0 Å². The molecule has 5 nitrogen and oxygen atoms in total. The first-order valence-electron chi connectivity index (χ1n) is 4.61. The Bertz CT molecular complexity index is 392. The molecule has 0 radical (unpaired) electrons. The van der Waals surface area contributed by atoms with Gasteiger partial charge in [-0.1, -0.05) is 0 Å². The number of methoxy groups -OCH3 is 1. The summed E-state index contributed by atoms with van der Waals surface area (Å²) in [5.41, 5.74) is 1.46. The van der Waals surface area contributed by atoms with Crippen molar-refractivity contribution in [1.29, 1.82) is 0 Å². The Kier molecular flexibility index (Phi) is 2.47. The molecule has 0 saturated heterocycles. The minimum atomic E-state index is -0.578. The van der Waals surface area contributed by atoms with Crippen molar-refractivity contribution >= 4 is 17.3 Å². The number of hydrogen-bond acceptors (Lipinski definition) is 4. The van der Waals surface area contributed by atoms with Crippen molar-refractivity contribution in [3.63, 3.8) is 0 Å². The SMILES string of the molecule is COc1ccc2c(c1)NC(=O)C(CO)N2. The lowest BCUT2D eigenvalue weighted by atomic mass is 10.1. The summed E-state index contributed by atoms with van der Waals surface area (Å²) in [7, 11) is 1.57. The van der Waals surface area contributed by atoms with Crippen molar-refractivity contribution in [2.24, 2.45) is 0 Å². The Morgan fingerprint density at radius 3 is 2.93 bits per heavy atom. The summed E-state index contributed by atoms with van der Waals surface area (Å²) >= 11 is 0. The normalized spacial score (nSPS) is 18.8. The van der Waals surface area contributed by atoms with Crippen LogP contribution in [0.25, 0.3) is 0 Å². The maximum Gasteiger partial charge on any atom is 0.249 e. The lowest BCUT2D eigenvalue weighted by molar-refractivity contribution is -0.117. The highest BCUT2D eigenvalue weighted by atomic mass is 16.5. The van der Waals surface area contributed by atoms with Gasteiger partial charge in [0.05, 0.1) is 25.1 Å². The van der Waals surface area contributed by atoms with E-state index in [4.69, 9.17) is 9.84 Å². The molecule has 0 aromatic heterocycles. The van der Waals surface area contributed by atoms with Crippen LogP contribution in [0, 0.1) is 0 Å². The van der Waals surface area contributed by atoms with Gasteiger partial charge in [-0.05, 0) is 12.1 Å². The van der Waals surface area contributed by atoms with E-state index in [0.29, 0.717) is 11.4 Å². The van der Waals surface area contributed by atoms with Crippen LogP contribution in [0.2, 0.25) is 0 Å². The lowest BCUT2D eigenvalue weighted by Crippen LogP contribution is -2.41. The van der Waals surface area contributed by atoms with E-state index in [2.05, 4.69) is 10.6 Å². The molecule has 1 aliphatic heterocycles. The first-order valence-corrected chi connectivity index (χ1v) is 4.61. The second-order valence-electron chi connectivity index (χ2n) is 3.28. The van der Waals surface area contributed by atoms with Crippen LogP contribution in [-0.4, -0.2) is 30.8 Å². The number of anilines is 2. The number of ether oxygens (including phenoxy) is 1. The summed E-state index contributed by atoms with van der Waals surface area (Å²) in [5, 5.41) is 14.6. The van der Waals surface area contributed by atoms with Gasteiger partial charge >= 0.3 is 0 Å². The highest BCUT2D eigenvalue weighted by molar-refractivity contribution is 6.03. The Hall–Kier alpha value is -1.75. The van der Waals surface area contributed by atoms with Gasteiger partial charge in [0.1, 0.15) is 11.8 Å². The van der Waals surface area contributed by atoms with Gasteiger partial charge in [-0.15, -0.1) is 0 Å². The molecule has 1 unspecified atom stereocenters. The quantitative estimate of drug-likeness (QED) is 0.658. The van der Waals surface area contributed by atoms with Gasteiger partial charge in [0.25, 0.3) is 0 Å². The van der Waals surface area contributed by atoms with Crippen molar-refractivity contribution in [2.45, 2.75) is 6.04 Å². The molecule has 1 heterocycles. The fourth-order valence-electron chi connectivity index (χ4n) is 1.48. The summed E-state index contributed by atoms with van der Waals surface area (Å²) in [6.07, 6.45) is 0. The van der Waals surface area contributed by atoms with E-state index in [1.807, 2.05) is 0 Å². The molecule has 0 spiro atoms. The van der Waals surface area contributed by atoms with Crippen molar-refractivity contribution in [3.8, 4) is 5.75 Å². The van der Waals surface area contributed by atoms with Crippen LogP contribution < -0.4 is 15.4 Å². The summed E-state index contributed by atoms with van der Waals surface area (Å²) in [4.78, 5) is 11.4. The number of hydrogen-bond donors (Lipinski definition) is 3. The maximum atomic E-state index is 11.4. The predicted octanol–water partition coefficient (Wildman–Crippen LogP) is 0.420. The maximum absolute atomic E-state index is 11.4. The van der Waals surface area contributed by atoms with Crippen LogP contribution in [0.3, 0.4) is 0 Å². The average molecular weight is 208 g/mol. The van der Waals surface area contributed by atoms with Gasteiger partial charge in [-0.3, -0.25) is 4.79 Å². The van der Waals surface area contributed by atoms with E-state index in [-0.39, 0.29) is 12.5 Å². The number of carbonyl (C=O) groups excluding carboxylic acids is 1. The molecular weight excluding hydrogens is 196 g/mol. The number of nitrogens with one attached hydrogen (secondary N) is 2. The van der Waals surface area contributed by atoms with Crippen molar-refractivity contribution in [1.82, 2.24) is 0 Å². The summed E-state index contributed by atoms with van der Waals surface area (Å²) in [5.74, 6) is 0.441. The number of benzene rings is 1. The zero-order valence-corrected chi connectivity index (χ0v) is 8.28. The largest absolute Gasteiger partial charge is 0.497 e. The average Bonchev–Trinajstić information content (AvgIpc) is 2.27. The molecule has 1 aromatic rings. The Labute approximate surface area is 87.1 Å². The Balaban J connectivity index is 2.32. The monoisotopic (exact) mass is 208 g/mol. The van der Waals surface area contributed by atoms with Crippen LogP contribution in [0.4, 0.5) is 11.4 Å². The summed E-state index contributed by atoms with van der Waals surface area (Å²) in [6.45, 7) is -0.225.